The van der Waals surface area contributed by atoms with Gasteiger partial charge in [-0.2, -0.15) is 0 Å². The zero-order valence-corrected chi connectivity index (χ0v) is 13.7. The molecule has 4 nitrogen and oxygen atoms in total. The highest BCUT2D eigenvalue weighted by Crippen LogP contribution is 2.35. The molecular formula is C15H21BrN4. The van der Waals surface area contributed by atoms with Crippen molar-refractivity contribution in [1.29, 1.82) is 0 Å². The average Bonchev–Trinajstić information content (AvgIpc) is 2.79. The lowest BCUT2D eigenvalue weighted by Crippen LogP contribution is -2.43. The summed E-state index contributed by atoms with van der Waals surface area (Å²) >= 11 is 3.42. The number of imidazole rings is 1. The molecule has 1 saturated carbocycles. The van der Waals surface area contributed by atoms with Crippen molar-refractivity contribution in [2.75, 3.05) is 0 Å². The first-order chi connectivity index (χ1) is 9.56. The predicted octanol–water partition coefficient (Wildman–Crippen LogP) is 3.55. The van der Waals surface area contributed by atoms with Crippen molar-refractivity contribution in [3.8, 4) is 0 Å². The molecular weight excluding hydrogens is 316 g/mol. The Kier molecular flexibility index (Phi) is 3.82. The predicted molar refractivity (Wildman–Crippen MR) is 83.6 cm³/mol. The molecule has 0 saturated heterocycles. The first kappa shape index (κ1) is 14.0. The van der Waals surface area contributed by atoms with Crippen molar-refractivity contribution < 1.29 is 0 Å². The number of halogens is 1. The molecule has 20 heavy (non-hydrogen) atoms. The van der Waals surface area contributed by atoms with E-state index in [0.29, 0.717) is 11.5 Å². The van der Waals surface area contributed by atoms with Crippen molar-refractivity contribution >= 4 is 21.6 Å². The van der Waals surface area contributed by atoms with Crippen molar-refractivity contribution in [2.24, 2.45) is 5.41 Å². The van der Waals surface area contributed by atoms with Crippen LogP contribution < -0.4 is 5.32 Å². The molecule has 1 aliphatic rings. The van der Waals surface area contributed by atoms with Gasteiger partial charge in [-0.25, -0.2) is 9.97 Å². The molecule has 5 heteroatoms. The van der Waals surface area contributed by atoms with Crippen LogP contribution >= 0.6 is 15.9 Å². The van der Waals surface area contributed by atoms with E-state index in [0.717, 1.165) is 16.8 Å². The van der Waals surface area contributed by atoms with Crippen LogP contribution in [0.4, 0.5) is 0 Å². The number of rotatable bonds is 3. The minimum absolute atomic E-state index is 0.390. The molecule has 1 N–H and O–H groups in total. The number of fused-ring (bicyclic) bond motifs is 1. The van der Waals surface area contributed by atoms with Crippen LogP contribution in [-0.4, -0.2) is 20.4 Å². The second-order valence-corrected chi connectivity index (χ2v) is 7.17. The Morgan fingerprint density at radius 3 is 3.00 bits per heavy atom. The standard InChI is InChI=1S/C15H21BrN4/c1-15(2)6-4-3-5-12(15)17-7-11-8-19-14-9-18-13(16)10-20(11)14/h8-10,12,17H,3-7H2,1-2H3. The zero-order chi connectivity index (χ0) is 14.2. The lowest BCUT2D eigenvalue weighted by Gasteiger charge is -2.39. The van der Waals surface area contributed by atoms with Crippen LogP contribution in [0.5, 0.6) is 0 Å². The molecule has 2 aromatic rings. The maximum atomic E-state index is 4.40. The summed E-state index contributed by atoms with van der Waals surface area (Å²) in [5.41, 5.74) is 2.47. The molecule has 0 aliphatic heterocycles. The normalized spacial score (nSPS) is 22.2. The molecule has 2 aromatic heterocycles. The van der Waals surface area contributed by atoms with Gasteiger partial charge in [-0.15, -0.1) is 0 Å². The first-order valence-electron chi connectivity index (χ1n) is 7.27. The van der Waals surface area contributed by atoms with Crippen LogP contribution in [0.25, 0.3) is 5.65 Å². The fourth-order valence-corrected chi connectivity index (χ4v) is 3.45. The molecule has 1 atom stereocenters. The molecule has 0 aromatic carbocycles. The van der Waals surface area contributed by atoms with E-state index in [2.05, 4.69) is 49.5 Å². The summed E-state index contributed by atoms with van der Waals surface area (Å²) in [6, 6.07) is 0.590. The maximum Gasteiger partial charge on any atom is 0.155 e. The van der Waals surface area contributed by atoms with Gasteiger partial charge in [-0.1, -0.05) is 26.7 Å². The van der Waals surface area contributed by atoms with Gasteiger partial charge in [0.25, 0.3) is 0 Å². The third kappa shape index (κ3) is 2.74. The topological polar surface area (TPSA) is 42.2 Å². The monoisotopic (exact) mass is 336 g/mol. The fraction of sp³-hybridized carbons (Fsp3) is 0.600. The number of aromatic nitrogens is 3. The average molecular weight is 337 g/mol. The van der Waals surface area contributed by atoms with Crippen LogP contribution in [-0.2, 0) is 6.54 Å². The Bertz CT molecular complexity index is 605. The highest BCUT2D eigenvalue weighted by Gasteiger charge is 2.31. The minimum Gasteiger partial charge on any atom is -0.308 e. The molecule has 1 fully saturated rings. The fourth-order valence-electron chi connectivity index (χ4n) is 3.15. The van der Waals surface area contributed by atoms with Gasteiger partial charge >= 0.3 is 0 Å². The molecule has 108 valence electrons. The van der Waals surface area contributed by atoms with E-state index in [1.807, 2.05) is 12.4 Å². The molecule has 0 radical (unpaired) electrons. The van der Waals surface area contributed by atoms with E-state index in [4.69, 9.17) is 0 Å². The Morgan fingerprint density at radius 1 is 1.35 bits per heavy atom. The molecule has 1 unspecified atom stereocenters. The smallest absolute Gasteiger partial charge is 0.155 e. The largest absolute Gasteiger partial charge is 0.308 e. The summed E-state index contributed by atoms with van der Waals surface area (Å²) in [6.07, 6.45) is 11.0. The van der Waals surface area contributed by atoms with Crippen LogP contribution in [0.1, 0.15) is 45.2 Å². The Balaban J connectivity index is 1.75. The third-order valence-corrected chi connectivity index (χ3v) is 4.89. The van der Waals surface area contributed by atoms with E-state index in [-0.39, 0.29) is 0 Å². The van der Waals surface area contributed by atoms with E-state index in [1.54, 1.807) is 6.20 Å². The Hall–Kier alpha value is -0.940. The van der Waals surface area contributed by atoms with Crippen LogP contribution in [0, 0.1) is 5.41 Å². The van der Waals surface area contributed by atoms with Gasteiger partial charge < -0.3 is 5.32 Å². The first-order valence-corrected chi connectivity index (χ1v) is 8.06. The highest BCUT2D eigenvalue weighted by molar-refractivity contribution is 9.10. The van der Waals surface area contributed by atoms with Gasteiger partial charge in [-0.05, 0) is 34.2 Å². The Labute approximate surface area is 128 Å². The number of nitrogens with one attached hydrogen (secondary N) is 1. The van der Waals surface area contributed by atoms with Crippen LogP contribution in [0.15, 0.2) is 23.2 Å². The van der Waals surface area contributed by atoms with E-state index < -0.39 is 0 Å². The van der Waals surface area contributed by atoms with Gasteiger partial charge in [0.2, 0.25) is 0 Å². The number of hydrogen-bond donors (Lipinski definition) is 1. The van der Waals surface area contributed by atoms with Gasteiger partial charge in [0.1, 0.15) is 4.60 Å². The summed E-state index contributed by atoms with van der Waals surface area (Å²) in [6.45, 7) is 5.60. The van der Waals surface area contributed by atoms with Gasteiger partial charge in [0.05, 0.1) is 18.1 Å². The molecule has 3 rings (SSSR count). The summed E-state index contributed by atoms with van der Waals surface area (Å²) in [5.74, 6) is 0. The van der Waals surface area contributed by atoms with Crippen LogP contribution in [0.2, 0.25) is 0 Å². The van der Waals surface area contributed by atoms with Crippen molar-refractivity contribution in [3.05, 3.63) is 28.9 Å². The Morgan fingerprint density at radius 2 is 2.20 bits per heavy atom. The maximum absolute atomic E-state index is 4.40. The van der Waals surface area contributed by atoms with Crippen molar-refractivity contribution in [2.45, 2.75) is 52.1 Å². The van der Waals surface area contributed by atoms with Gasteiger partial charge in [0, 0.05) is 18.8 Å². The van der Waals surface area contributed by atoms with E-state index in [9.17, 15) is 0 Å². The lowest BCUT2D eigenvalue weighted by atomic mass is 9.73. The van der Waals surface area contributed by atoms with Crippen molar-refractivity contribution in [1.82, 2.24) is 19.7 Å². The third-order valence-electron chi connectivity index (χ3n) is 4.48. The minimum atomic E-state index is 0.390. The molecule has 0 spiro atoms. The number of hydrogen-bond acceptors (Lipinski definition) is 3. The molecule has 2 heterocycles. The van der Waals surface area contributed by atoms with Crippen molar-refractivity contribution in [3.63, 3.8) is 0 Å². The lowest BCUT2D eigenvalue weighted by molar-refractivity contribution is 0.166. The number of nitrogens with zero attached hydrogens (tertiary/aromatic N) is 3. The van der Waals surface area contributed by atoms with E-state index >= 15 is 0 Å². The molecule has 1 aliphatic carbocycles. The second-order valence-electron chi connectivity index (χ2n) is 6.36. The van der Waals surface area contributed by atoms with Crippen LogP contribution in [0.3, 0.4) is 0 Å². The quantitative estimate of drug-likeness (QED) is 0.931. The molecule has 0 amide bonds. The zero-order valence-electron chi connectivity index (χ0n) is 12.1. The summed E-state index contributed by atoms with van der Waals surface area (Å²) in [5, 5.41) is 3.73. The highest BCUT2D eigenvalue weighted by atomic mass is 79.9. The van der Waals surface area contributed by atoms with Gasteiger partial charge in [-0.3, -0.25) is 4.40 Å². The summed E-state index contributed by atoms with van der Waals surface area (Å²) in [7, 11) is 0. The van der Waals surface area contributed by atoms with E-state index in [1.165, 1.54) is 31.4 Å². The summed E-state index contributed by atoms with van der Waals surface area (Å²) < 4.78 is 2.93. The summed E-state index contributed by atoms with van der Waals surface area (Å²) in [4.78, 5) is 8.61. The van der Waals surface area contributed by atoms with Gasteiger partial charge in [0.15, 0.2) is 5.65 Å². The SMILES string of the molecule is CC1(C)CCCCC1NCc1cnc2cnc(Br)cn12. The molecule has 0 bridgehead atoms. The second kappa shape index (κ2) is 5.45.